The molecule has 0 unspecified atom stereocenters. The van der Waals surface area contributed by atoms with E-state index in [1.807, 2.05) is 54.6 Å². The van der Waals surface area contributed by atoms with Gasteiger partial charge in [0.15, 0.2) is 11.4 Å². The van der Waals surface area contributed by atoms with Gasteiger partial charge in [-0.15, -0.1) is 0 Å². The minimum absolute atomic E-state index is 0.522. The van der Waals surface area contributed by atoms with Crippen LogP contribution in [0.4, 0.5) is 8.63 Å². The summed E-state index contributed by atoms with van der Waals surface area (Å²) >= 11 is 0. The maximum atomic E-state index is 20.1. The Hall–Kier alpha value is -7.11. The maximum absolute atomic E-state index is 20.1. The third kappa shape index (κ3) is 9.31. The van der Waals surface area contributed by atoms with Gasteiger partial charge in [-0.05, 0) is 119 Å². The molecule has 362 valence electrons. The Balaban J connectivity index is 1.40. The summed E-state index contributed by atoms with van der Waals surface area (Å²) < 4.78 is 43.2. The molecule has 2 aliphatic heterocycles. The van der Waals surface area contributed by atoms with E-state index in [1.165, 1.54) is 31.2 Å². The van der Waals surface area contributed by atoms with Crippen molar-refractivity contribution in [3.63, 3.8) is 0 Å². The van der Waals surface area contributed by atoms with Crippen LogP contribution in [-0.4, -0.2) is 21.6 Å². The minimum Gasteiger partial charge on any atom is -0.389 e. The van der Waals surface area contributed by atoms with Crippen LogP contribution in [0.5, 0.6) is 0 Å². The predicted octanol–water partition coefficient (Wildman–Crippen LogP) is 18.0. The van der Waals surface area contributed by atoms with Crippen molar-refractivity contribution in [3.8, 4) is 33.5 Å². The summed E-state index contributed by atoms with van der Waals surface area (Å²) in [5.74, 6) is 0. The van der Waals surface area contributed by atoms with Crippen LogP contribution in [0.2, 0.25) is 0 Å². The highest BCUT2D eigenvalue weighted by Gasteiger charge is 2.59. The Morgan fingerprint density at radius 3 is 1.11 bits per heavy atom. The number of aromatic nitrogens is 1. The van der Waals surface area contributed by atoms with Crippen molar-refractivity contribution in [1.29, 1.82) is 0 Å². The number of benzene rings is 7. The van der Waals surface area contributed by atoms with Gasteiger partial charge >= 0.3 is 6.97 Å². The monoisotopic (exact) mass is 949 g/mol. The average Bonchev–Trinajstić information content (AvgIpc) is 3.98. The van der Waals surface area contributed by atoms with E-state index >= 15 is 8.63 Å². The molecule has 7 aromatic carbocycles. The van der Waals surface area contributed by atoms with Crippen molar-refractivity contribution in [1.82, 2.24) is 4.48 Å². The molecule has 0 spiro atoms. The van der Waals surface area contributed by atoms with Gasteiger partial charge in [0.25, 0.3) is 0 Å². The smallest absolute Gasteiger partial charge is 0.389 e. The molecule has 0 saturated carbocycles. The summed E-state index contributed by atoms with van der Waals surface area (Å²) in [6.07, 6.45) is 12.5. The van der Waals surface area contributed by atoms with Crippen molar-refractivity contribution in [2.75, 3.05) is 0 Å². The average molecular weight is 949 g/mol. The fourth-order valence-corrected chi connectivity index (χ4v) is 11.2. The molecule has 0 N–H and O–H groups in total. The van der Waals surface area contributed by atoms with Gasteiger partial charge in [0.2, 0.25) is 0 Å². The van der Waals surface area contributed by atoms with E-state index in [0.717, 1.165) is 144 Å². The molecule has 1 aromatic heterocycles. The number of unbranched alkanes of at least 4 members (excludes halogenated alkanes) is 4. The van der Waals surface area contributed by atoms with Crippen LogP contribution >= 0.6 is 0 Å². The third-order valence-electron chi connectivity index (χ3n) is 14.9. The number of halogens is 2. The summed E-state index contributed by atoms with van der Waals surface area (Å²) in [5.41, 5.74) is 17.0. The Bertz CT molecular complexity index is 3230. The molecule has 0 bridgehead atoms. The van der Waals surface area contributed by atoms with Crippen LogP contribution < -0.4 is 0 Å². The number of hydrogen-bond donors (Lipinski definition) is 0. The first-order valence-corrected chi connectivity index (χ1v) is 26.9. The Morgan fingerprint density at radius 1 is 0.347 bits per heavy atom. The quantitative estimate of drug-likeness (QED) is 0.0714. The number of aryl methyl sites for hydroxylation is 4. The summed E-state index contributed by atoms with van der Waals surface area (Å²) in [6, 6.07) is 65.4. The highest BCUT2D eigenvalue weighted by Crippen LogP contribution is 2.57. The number of allylic oxidation sites excluding steroid dienone is 2. The molecule has 10 rings (SSSR count). The van der Waals surface area contributed by atoms with Crippen molar-refractivity contribution in [2.45, 2.75) is 105 Å². The zero-order chi connectivity index (χ0) is 49.6. The van der Waals surface area contributed by atoms with Crippen LogP contribution in [0.1, 0.15) is 129 Å². The van der Waals surface area contributed by atoms with E-state index in [0.29, 0.717) is 22.8 Å². The first kappa shape index (κ1) is 48.5. The second-order valence-corrected chi connectivity index (χ2v) is 19.9. The Kier molecular flexibility index (Phi) is 14.6. The number of fused-ring (bicyclic) bond motifs is 2. The molecule has 0 saturated heterocycles. The van der Waals surface area contributed by atoms with Crippen molar-refractivity contribution in [3.05, 3.63) is 244 Å². The van der Waals surface area contributed by atoms with E-state index in [2.05, 4.69) is 161 Å². The molecule has 8 aromatic rings. The summed E-state index contributed by atoms with van der Waals surface area (Å²) in [4.78, 5) is 0. The van der Waals surface area contributed by atoms with Gasteiger partial charge in [0, 0.05) is 28.1 Å². The molecular formula is C67H67BF2N2. The second kappa shape index (κ2) is 21.7. The molecule has 2 aliphatic rings. The van der Waals surface area contributed by atoms with E-state index < -0.39 is 6.97 Å². The molecular weight excluding hydrogens is 882 g/mol. The third-order valence-corrected chi connectivity index (χ3v) is 14.9. The first-order chi connectivity index (χ1) is 35.4. The molecule has 0 amide bonds. The molecule has 3 heterocycles. The van der Waals surface area contributed by atoms with Gasteiger partial charge in [-0.25, -0.2) is 0 Å². The van der Waals surface area contributed by atoms with Crippen LogP contribution in [0.15, 0.2) is 194 Å². The van der Waals surface area contributed by atoms with E-state index in [1.54, 1.807) is 0 Å². The first-order valence-electron chi connectivity index (χ1n) is 26.9. The minimum atomic E-state index is -4.67. The molecule has 0 atom stereocenters. The zero-order valence-corrected chi connectivity index (χ0v) is 42.6. The summed E-state index contributed by atoms with van der Waals surface area (Å²) in [7, 11) is 0. The fourth-order valence-electron chi connectivity index (χ4n) is 11.2. The van der Waals surface area contributed by atoms with Crippen LogP contribution in [0.25, 0.3) is 50.2 Å². The molecule has 72 heavy (non-hydrogen) atoms. The van der Waals surface area contributed by atoms with Crippen LogP contribution in [-0.2, 0) is 25.7 Å². The van der Waals surface area contributed by atoms with Gasteiger partial charge in [-0.2, -0.15) is 0 Å². The highest BCUT2D eigenvalue weighted by atomic mass is 19.2. The molecule has 2 nitrogen and oxygen atoms in total. The lowest BCUT2D eigenvalue weighted by atomic mass is 9.81. The number of hydrogen-bond acceptors (Lipinski definition) is 0. The van der Waals surface area contributed by atoms with Gasteiger partial charge < -0.3 is 17.6 Å². The van der Waals surface area contributed by atoms with Gasteiger partial charge in [-0.3, -0.25) is 0 Å². The lowest BCUT2D eigenvalue weighted by Gasteiger charge is -2.35. The topological polar surface area (TPSA) is 7.94 Å². The molecule has 0 aliphatic carbocycles. The second-order valence-electron chi connectivity index (χ2n) is 19.9. The lowest BCUT2D eigenvalue weighted by molar-refractivity contribution is -0.358. The maximum Gasteiger partial charge on any atom is 0.738 e. The summed E-state index contributed by atoms with van der Waals surface area (Å²) in [5, 5.41) is 0. The zero-order valence-electron chi connectivity index (χ0n) is 42.6. The van der Waals surface area contributed by atoms with Crippen molar-refractivity contribution < 1.29 is 13.1 Å². The predicted molar refractivity (Wildman–Crippen MR) is 302 cm³/mol. The normalized spacial score (nSPS) is 14.0. The van der Waals surface area contributed by atoms with Gasteiger partial charge in [-0.1, -0.05) is 229 Å². The van der Waals surface area contributed by atoms with Gasteiger partial charge in [0.05, 0.1) is 16.7 Å². The lowest BCUT2D eigenvalue weighted by Crippen LogP contribution is -2.52. The van der Waals surface area contributed by atoms with E-state index in [9.17, 15) is 0 Å². The number of rotatable bonds is 19. The Labute approximate surface area is 427 Å². The standard InChI is InChI=1S/C67H67BF2N2/c1-5-9-22-48-32-40-55(41-33-48)59-61(52-26-16-13-17-27-52)66-63(54-30-20-15-21-31-54)67-62(53-28-18-14-19-29-53)60(56-42-34-49(35-43-56)23-10-6-2)65(58-46-38-51(39-47-58)25-12-8-4)72(67)68(69,70)71(66)64(59)57-44-36-50(37-45-57)24-11-7-3/h13-21,26-47H,5-12,22-25H2,1-4H3. The van der Waals surface area contributed by atoms with E-state index in [-0.39, 0.29) is 0 Å². The van der Waals surface area contributed by atoms with Gasteiger partial charge in [0.1, 0.15) is 0 Å². The SMILES string of the molecule is CCCCc1ccc(C2=C(c3ccccc3)C3=C(c4ccccc4)c4c(-c5ccccc5)c(-c5ccc(CCCC)cc5)c(-c5ccc(CCCC)cc5)n4[B-](F)(F)[N+]3=C2c2ccc(CCCC)cc2)cc1. The summed E-state index contributed by atoms with van der Waals surface area (Å²) in [6.45, 7) is 4.18. The fraction of sp³-hybridized carbons (Fsp3) is 0.239. The van der Waals surface area contributed by atoms with E-state index in [4.69, 9.17) is 0 Å². The van der Waals surface area contributed by atoms with Crippen molar-refractivity contribution in [2.24, 2.45) is 0 Å². The largest absolute Gasteiger partial charge is 0.738 e. The highest BCUT2D eigenvalue weighted by molar-refractivity contribution is 6.61. The Morgan fingerprint density at radius 2 is 0.681 bits per heavy atom. The molecule has 0 fully saturated rings. The van der Waals surface area contributed by atoms with Crippen LogP contribution in [0, 0.1) is 0 Å². The van der Waals surface area contributed by atoms with Crippen molar-refractivity contribution >= 4 is 29.4 Å². The molecule has 0 radical (unpaired) electrons. The van der Waals surface area contributed by atoms with Crippen LogP contribution in [0.3, 0.4) is 0 Å². The molecule has 5 heteroatoms. The number of nitrogens with zero attached hydrogens (tertiary/aromatic N) is 2.